The molecule has 0 aromatic rings. The third-order valence-electron chi connectivity index (χ3n) is 8.28. The number of carbonyl (C=O) groups is 2. The average Bonchev–Trinajstić information content (AvgIpc) is 3.50. The van der Waals surface area contributed by atoms with Gasteiger partial charge in [-0.05, 0) is 49.4 Å². The van der Waals surface area contributed by atoms with Crippen molar-refractivity contribution in [3.05, 3.63) is 37.5 Å². The van der Waals surface area contributed by atoms with Crippen LogP contribution in [0.2, 0.25) is 0 Å². The fourth-order valence-corrected chi connectivity index (χ4v) is 10.5. The van der Waals surface area contributed by atoms with Crippen LogP contribution in [-0.2, 0) is 9.59 Å². The third kappa shape index (κ3) is 3.35. The molecule has 0 radical (unpaired) electrons. The summed E-state index contributed by atoms with van der Waals surface area (Å²) in [6.45, 7) is 8.08. The molecule has 0 aromatic carbocycles. The standard InChI is InChI=1S/C25H33NO2S2/c1-3-15-12-17(10-11-18-13-16(4-2)22-23(18)30-14-29-22)21-20(15)24(27)26(25(21)28)19-8-6-5-7-9-19/h3-4,10-11,15-23H,1-2,5-9,12-14H2. The number of amides is 2. The van der Waals surface area contributed by atoms with Crippen molar-refractivity contribution in [3.8, 4) is 0 Å². The van der Waals surface area contributed by atoms with Crippen LogP contribution in [0.25, 0.3) is 0 Å². The number of likely N-dealkylation sites (tertiary alicyclic amines) is 1. The number of imide groups is 1. The van der Waals surface area contributed by atoms with Gasteiger partial charge < -0.3 is 0 Å². The molecule has 2 heterocycles. The van der Waals surface area contributed by atoms with Gasteiger partial charge in [0, 0.05) is 21.6 Å². The molecule has 5 fully saturated rings. The molecule has 0 N–H and O–H groups in total. The summed E-state index contributed by atoms with van der Waals surface area (Å²) >= 11 is 4.17. The first-order chi connectivity index (χ1) is 14.6. The number of carbonyl (C=O) groups excluding carboxylic acids is 2. The summed E-state index contributed by atoms with van der Waals surface area (Å²) in [6.07, 6.45) is 16.3. The van der Waals surface area contributed by atoms with Gasteiger partial charge in [-0.15, -0.1) is 36.7 Å². The van der Waals surface area contributed by atoms with Gasteiger partial charge >= 0.3 is 0 Å². The molecular formula is C25H33NO2S2. The Kier molecular flexibility index (Phi) is 5.96. The number of thioether (sulfide) groups is 2. The Bertz CT molecular complexity index is 758. The van der Waals surface area contributed by atoms with Crippen molar-refractivity contribution < 1.29 is 9.59 Å². The number of rotatable bonds is 5. The van der Waals surface area contributed by atoms with Crippen molar-refractivity contribution in [1.29, 1.82) is 0 Å². The highest BCUT2D eigenvalue weighted by Gasteiger charge is 2.58. The molecule has 8 unspecified atom stereocenters. The first-order valence-electron chi connectivity index (χ1n) is 11.7. The van der Waals surface area contributed by atoms with Crippen molar-refractivity contribution in [1.82, 2.24) is 4.90 Å². The molecule has 3 nitrogen and oxygen atoms in total. The zero-order valence-corrected chi connectivity index (χ0v) is 19.3. The molecule has 162 valence electrons. The third-order valence-corrected chi connectivity index (χ3v) is 11.6. The maximum absolute atomic E-state index is 13.5. The van der Waals surface area contributed by atoms with Gasteiger partial charge in [0.1, 0.15) is 0 Å². The zero-order chi connectivity index (χ0) is 20.8. The minimum Gasteiger partial charge on any atom is -0.279 e. The van der Waals surface area contributed by atoms with Crippen LogP contribution in [0.5, 0.6) is 0 Å². The Hall–Kier alpha value is -0.940. The highest BCUT2D eigenvalue weighted by molar-refractivity contribution is 8.19. The maximum atomic E-state index is 13.5. The van der Waals surface area contributed by atoms with Crippen LogP contribution in [-0.4, -0.2) is 38.3 Å². The van der Waals surface area contributed by atoms with E-state index in [4.69, 9.17) is 0 Å². The summed E-state index contributed by atoms with van der Waals surface area (Å²) in [4.78, 5) is 28.5. The van der Waals surface area contributed by atoms with Gasteiger partial charge in [-0.1, -0.05) is 43.6 Å². The summed E-state index contributed by atoms with van der Waals surface area (Å²) in [6, 6.07) is 0.135. The second-order valence-corrected chi connectivity index (χ2v) is 12.5. The second kappa shape index (κ2) is 8.54. The first kappa shape index (κ1) is 20.9. The lowest BCUT2D eigenvalue weighted by Gasteiger charge is -2.31. The lowest BCUT2D eigenvalue weighted by Crippen LogP contribution is -2.43. The van der Waals surface area contributed by atoms with Crippen molar-refractivity contribution in [3.63, 3.8) is 0 Å². The van der Waals surface area contributed by atoms with Crippen LogP contribution < -0.4 is 0 Å². The molecule has 30 heavy (non-hydrogen) atoms. The van der Waals surface area contributed by atoms with Gasteiger partial charge in [0.25, 0.3) is 0 Å². The van der Waals surface area contributed by atoms with Crippen molar-refractivity contribution >= 4 is 35.3 Å². The zero-order valence-electron chi connectivity index (χ0n) is 17.7. The molecule has 2 saturated heterocycles. The van der Waals surface area contributed by atoms with Crippen molar-refractivity contribution in [2.45, 2.75) is 61.5 Å². The van der Waals surface area contributed by atoms with Crippen LogP contribution >= 0.6 is 23.5 Å². The van der Waals surface area contributed by atoms with Crippen molar-refractivity contribution in [2.75, 3.05) is 5.08 Å². The highest BCUT2D eigenvalue weighted by atomic mass is 32.2. The van der Waals surface area contributed by atoms with Crippen molar-refractivity contribution in [2.24, 2.45) is 35.5 Å². The van der Waals surface area contributed by atoms with Gasteiger partial charge in [-0.2, -0.15) is 0 Å². The Morgan fingerprint density at radius 2 is 1.33 bits per heavy atom. The fraction of sp³-hybridized carbons (Fsp3) is 0.680. The highest BCUT2D eigenvalue weighted by Crippen LogP contribution is 2.54. The largest absolute Gasteiger partial charge is 0.279 e. The summed E-state index contributed by atoms with van der Waals surface area (Å²) in [7, 11) is 0. The minimum atomic E-state index is -0.180. The van der Waals surface area contributed by atoms with E-state index in [0.29, 0.717) is 22.3 Å². The Balaban J connectivity index is 1.35. The van der Waals surface area contributed by atoms with E-state index in [1.807, 2.05) is 6.08 Å². The van der Waals surface area contributed by atoms with Crippen LogP contribution in [0.4, 0.5) is 0 Å². The first-order valence-corrected chi connectivity index (χ1v) is 13.8. The monoisotopic (exact) mass is 443 g/mol. The number of hydrogen-bond donors (Lipinski definition) is 0. The Labute approximate surface area is 189 Å². The normalized spacial score (nSPS) is 44.1. The van der Waals surface area contributed by atoms with E-state index in [9.17, 15) is 9.59 Å². The van der Waals surface area contributed by atoms with Crippen LogP contribution in [0.3, 0.4) is 0 Å². The van der Waals surface area contributed by atoms with Gasteiger partial charge in [-0.3, -0.25) is 14.5 Å². The molecule has 0 bridgehead atoms. The molecule has 2 amide bonds. The molecule has 5 heteroatoms. The lowest BCUT2D eigenvalue weighted by atomic mass is 9.88. The molecule has 8 atom stereocenters. The van der Waals surface area contributed by atoms with Gasteiger partial charge in [-0.25, -0.2) is 0 Å². The number of allylic oxidation sites excluding steroid dienone is 4. The molecule has 2 aliphatic heterocycles. The van der Waals surface area contributed by atoms with Crippen LogP contribution in [0.15, 0.2) is 37.5 Å². The summed E-state index contributed by atoms with van der Waals surface area (Å²) < 4.78 is 0. The minimum absolute atomic E-state index is 0.0908. The second-order valence-electron chi connectivity index (χ2n) is 9.75. The van der Waals surface area contributed by atoms with E-state index in [-0.39, 0.29) is 41.5 Å². The number of fused-ring (bicyclic) bond motifs is 2. The molecule has 5 rings (SSSR count). The van der Waals surface area contributed by atoms with E-state index in [0.717, 1.165) is 32.1 Å². The molecule has 0 spiro atoms. The Morgan fingerprint density at radius 1 is 0.767 bits per heavy atom. The maximum Gasteiger partial charge on any atom is 0.233 e. The molecule has 3 aliphatic carbocycles. The summed E-state index contributed by atoms with van der Waals surface area (Å²) in [5.74, 6) is 1.30. The Morgan fingerprint density at radius 3 is 2.00 bits per heavy atom. The quantitative estimate of drug-likeness (QED) is 0.427. The summed E-state index contributed by atoms with van der Waals surface area (Å²) in [5, 5.41) is 2.54. The van der Waals surface area contributed by atoms with Gasteiger partial charge in [0.15, 0.2) is 0 Å². The fourth-order valence-electron chi connectivity index (χ4n) is 6.79. The molecule has 0 aromatic heterocycles. The number of hydrogen-bond acceptors (Lipinski definition) is 4. The van der Waals surface area contributed by atoms with Gasteiger partial charge in [0.2, 0.25) is 11.8 Å². The van der Waals surface area contributed by atoms with Gasteiger partial charge in [0.05, 0.1) is 11.8 Å². The van der Waals surface area contributed by atoms with E-state index >= 15 is 0 Å². The van der Waals surface area contributed by atoms with Crippen LogP contribution in [0, 0.1) is 35.5 Å². The van der Waals surface area contributed by atoms with Crippen LogP contribution in [0.1, 0.15) is 44.9 Å². The SMILES string of the molecule is C=CC1CC(C=CC2CC(C=C)C3C(=O)N(C4CCCCC4)C(=O)C23)C2SCSC12. The lowest BCUT2D eigenvalue weighted by molar-refractivity contribution is -0.144. The van der Waals surface area contributed by atoms with E-state index in [1.165, 1.54) is 17.9 Å². The molecule has 5 aliphatic rings. The summed E-state index contributed by atoms with van der Waals surface area (Å²) in [5.41, 5.74) is 0. The van der Waals surface area contributed by atoms with E-state index in [2.05, 4.69) is 54.9 Å². The number of nitrogens with zero attached hydrogens (tertiary/aromatic N) is 1. The predicted octanol–water partition coefficient (Wildman–Crippen LogP) is 5.30. The van der Waals surface area contributed by atoms with E-state index in [1.54, 1.807) is 4.90 Å². The topological polar surface area (TPSA) is 37.4 Å². The predicted molar refractivity (Wildman–Crippen MR) is 126 cm³/mol. The molecule has 3 saturated carbocycles. The van der Waals surface area contributed by atoms with E-state index < -0.39 is 0 Å². The average molecular weight is 444 g/mol. The smallest absolute Gasteiger partial charge is 0.233 e. The molecular weight excluding hydrogens is 410 g/mol.